The minimum absolute atomic E-state index is 0.0267. The smallest absolute Gasteiger partial charge is 0.309 e. The second kappa shape index (κ2) is 12.1. The van der Waals surface area contributed by atoms with E-state index in [0.717, 1.165) is 6.42 Å². The Kier molecular flexibility index (Phi) is 10.2. The van der Waals surface area contributed by atoms with Crippen molar-refractivity contribution in [2.24, 2.45) is 52.6 Å². The number of hydrogen-bond acceptors (Lipinski definition) is 6. The van der Waals surface area contributed by atoms with Gasteiger partial charge in [0.05, 0.1) is 11.8 Å². The van der Waals surface area contributed by atoms with E-state index in [4.69, 9.17) is 10.5 Å². The molecule has 2 saturated carbocycles. The van der Waals surface area contributed by atoms with Crippen LogP contribution in [0.1, 0.15) is 73.6 Å². The third kappa shape index (κ3) is 8.42. The number of carboxylic acid groups (broad SMARTS) is 1. The predicted octanol–water partition coefficient (Wildman–Crippen LogP) is 2.91. The highest BCUT2D eigenvalue weighted by molar-refractivity contribution is 5.84. The molecule has 2 rings (SSSR count). The molecule has 2 aliphatic rings. The Morgan fingerprint density at radius 2 is 1.70 bits per heavy atom. The first kappa shape index (κ1) is 31.1. The molecule has 212 valence electrons. The molecule has 7 unspecified atom stereocenters. The highest BCUT2D eigenvalue weighted by atomic mass is 16.5. The number of ether oxygens (including phenoxy) is 1. The molecule has 0 heterocycles. The predicted molar refractivity (Wildman–Crippen MR) is 141 cm³/mol. The summed E-state index contributed by atoms with van der Waals surface area (Å²) >= 11 is 0. The number of nitrogens with one attached hydrogen (secondary N) is 1. The zero-order valence-corrected chi connectivity index (χ0v) is 24.0. The van der Waals surface area contributed by atoms with Gasteiger partial charge in [-0.25, -0.2) is 0 Å². The standard InChI is InChI=1S/C28H49N3O6/c1-16-17-12-21(22(13-17)24(33)34)20(16)14-18(23(29)32)11-19(25(35)37-10-9-31(7)8)15-28(5,6)26(36)30-27(2,3)4/h16-22H,9-15H2,1-8H3,(H2,29,32)(H,30,36)(H,33,34). The Morgan fingerprint density at radius 1 is 1.08 bits per heavy atom. The molecule has 7 atom stereocenters. The van der Waals surface area contributed by atoms with Gasteiger partial charge in [-0.05, 0) is 90.6 Å². The summed E-state index contributed by atoms with van der Waals surface area (Å²) < 4.78 is 5.57. The van der Waals surface area contributed by atoms with Gasteiger partial charge in [0.25, 0.3) is 0 Å². The average molecular weight is 524 g/mol. The lowest BCUT2D eigenvalue weighted by atomic mass is 9.69. The van der Waals surface area contributed by atoms with E-state index in [2.05, 4.69) is 12.2 Å². The Morgan fingerprint density at radius 3 is 2.19 bits per heavy atom. The van der Waals surface area contributed by atoms with Crippen LogP contribution >= 0.6 is 0 Å². The molecule has 0 aromatic heterocycles. The van der Waals surface area contributed by atoms with Gasteiger partial charge in [0.15, 0.2) is 0 Å². The molecule has 2 bridgehead atoms. The van der Waals surface area contributed by atoms with Crippen LogP contribution in [0.3, 0.4) is 0 Å². The van der Waals surface area contributed by atoms with Gasteiger partial charge in [-0.2, -0.15) is 0 Å². The number of fused-ring (bicyclic) bond motifs is 2. The molecular weight excluding hydrogens is 474 g/mol. The van der Waals surface area contributed by atoms with Crippen molar-refractivity contribution < 1.29 is 29.0 Å². The van der Waals surface area contributed by atoms with Crippen molar-refractivity contribution in [2.75, 3.05) is 27.2 Å². The van der Waals surface area contributed by atoms with Crippen molar-refractivity contribution >= 4 is 23.8 Å². The number of hydrogen-bond donors (Lipinski definition) is 3. The molecule has 0 saturated heterocycles. The number of carbonyl (C=O) groups excluding carboxylic acids is 3. The van der Waals surface area contributed by atoms with Gasteiger partial charge in [-0.3, -0.25) is 19.2 Å². The molecule has 2 fully saturated rings. The van der Waals surface area contributed by atoms with Crippen LogP contribution in [0.15, 0.2) is 0 Å². The highest BCUT2D eigenvalue weighted by Gasteiger charge is 2.53. The second-order valence-corrected chi connectivity index (χ2v) is 13.4. The van der Waals surface area contributed by atoms with E-state index in [1.165, 1.54) is 0 Å². The molecule has 0 aromatic carbocycles. The lowest BCUT2D eigenvalue weighted by Crippen LogP contribution is -2.48. The van der Waals surface area contributed by atoms with Gasteiger partial charge in [-0.15, -0.1) is 0 Å². The van der Waals surface area contributed by atoms with Crippen molar-refractivity contribution in [3.05, 3.63) is 0 Å². The fraction of sp³-hybridized carbons (Fsp3) is 0.857. The molecule has 0 radical (unpaired) electrons. The summed E-state index contributed by atoms with van der Waals surface area (Å²) in [6.45, 7) is 12.2. The monoisotopic (exact) mass is 523 g/mol. The minimum atomic E-state index is -0.880. The Bertz CT molecular complexity index is 849. The third-order valence-electron chi connectivity index (χ3n) is 8.44. The lowest BCUT2D eigenvalue weighted by molar-refractivity contribution is -0.151. The largest absolute Gasteiger partial charge is 0.481 e. The van der Waals surface area contributed by atoms with Crippen molar-refractivity contribution in [1.29, 1.82) is 0 Å². The van der Waals surface area contributed by atoms with E-state index in [0.29, 0.717) is 31.2 Å². The van der Waals surface area contributed by atoms with Crippen molar-refractivity contribution in [1.82, 2.24) is 10.2 Å². The van der Waals surface area contributed by atoms with E-state index < -0.39 is 40.6 Å². The first-order chi connectivity index (χ1) is 16.9. The van der Waals surface area contributed by atoms with E-state index in [1.807, 2.05) is 39.8 Å². The van der Waals surface area contributed by atoms with Gasteiger partial charge in [-0.1, -0.05) is 20.8 Å². The SMILES string of the molecule is CC1C2CC(C(=O)O)C(C2)C1CC(CC(CC(C)(C)C(=O)NC(C)(C)C)C(=O)OCCN(C)C)C(N)=O. The van der Waals surface area contributed by atoms with Crippen molar-refractivity contribution in [3.8, 4) is 0 Å². The highest BCUT2D eigenvalue weighted by Crippen LogP contribution is 2.57. The fourth-order valence-corrected chi connectivity index (χ4v) is 6.35. The summed E-state index contributed by atoms with van der Waals surface area (Å²) in [7, 11) is 3.77. The van der Waals surface area contributed by atoms with Crippen LogP contribution in [0.5, 0.6) is 0 Å². The first-order valence-corrected chi connectivity index (χ1v) is 13.6. The minimum Gasteiger partial charge on any atom is -0.481 e. The number of esters is 1. The summed E-state index contributed by atoms with van der Waals surface area (Å²) in [6.07, 6.45) is 2.41. The van der Waals surface area contributed by atoms with E-state index >= 15 is 0 Å². The fourth-order valence-electron chi connectivity index (χ4n) is 6.35. The molecule has 0 spiro atoms. The maximum Gasteiger partial charge on any atom is 0.309 e. The molecule has 0 aliphatic heterocycles. The van der Waals surface area contributed by atoms with Crippen LogP contribution in [-0.2, 0) is 23.9 Å². The molecular formula is C28H49N3O6. The van der Waals surface area contributed by atoms with E-state index in [9.17, 15) is 24.3 Å². The van der Waals surface area contributed by atoms with Gasteiger partial charge in [0.2, 0.25) is 11.8 Å². The Hall–Kier alpha value is -2.16. The summed E-state index contributed by atoms with van der Waals surface area (Å²) in [5, 5.41) is 12.7. The quantitative estimate of drug-likeness (QED) is 0.315. The Balaban J connectivity index is 2.23. The Labute approximate surface area is 222 Å². The van der Waals surface area contributed by atoms with Crippen LogP contribution < -0.4 is 11.1 Å². The zero-order valence-electron chi connectivity index (χ0n) is 24.0. The maximum atomic E-state index is 13.2. The molecule has 2 aliphatic carbocycles. The first-order valence-electron chi connectivity index (χ1n) is 13.6. The zero-order chi connectivity index (χ0) is 28.3. The van der Waals surface area contributed by atoms with Crippen LogP contribution in [0.2, 0.25) is 0 Å². The van der Waals surface area contributed by atoms with Gasteiger partial charge < -0.3 is 25.8 Å². The van der Waals surface area contributed by atoms with Gasteiger partial charge in [0.1, 0.15) is 6.61 Å². The normalized spacial score (nSPS) is 27.1. The third-order valence-corrected chi connectivity index (χ3v) is 8.44. The van der Waals surface area contributed by atoms with Crippen molar-refractivity contribution in [2.45, 2.75) is 79.2 Å². The van der Waals surface area contributed by atoms with Gasteiger partial charge >= 0.3 is 11.9 Å². The van der Waals surface area contributed by atoms with Crippen LogP contribution in [-0.4, -0.2) is 66.5 Å². The summed E-state index contributed by atoms with van der Waals surface area (Å²) in [5.74, 6) is -2.80. The number of carbonyl (C=O) groups is 4. The number of likely N-dealkylation sites (N-methyl/N-ethyl adjacent to an activating group) is 1. The second-order valence-electron chi connectivity index (χ2n) is 13.4. The van der Waals surface area contributed by atoms with Crippen LogP contribution in [0.25, 0.3) is 0 Å². The molecule has 37 heavy (non-hydrogen) atoms. The number of primary amides is 1. The number of amides is 2. The van der Waals surface area contributed by atoms with Crippen LogP contribution in [0.4, 0.5) is 0 Å². The van der Waals surface area contributed by atoms with Crippen LogP contribution in [0, 0.1) is 46.8 Å². The van der Waals surface area contributed by atoms with E-state index in [-0.39, 0.29) is 43.1 Å². The number of nitrogens with zero attached hydrogens (tertiary/aromatic N) is 1. The number of rotatable bonds is 13. The number of aliphatic carboxylic acids is 1. The lowest BCUT2D eigenvalue weighted by Gasteiger charge is -2.35. The topological polar surface area (TPSA) is 139 Å². The number of nitrogens with two attached hydrogens (primary N) is 1. The van der Waals surface area contributed by atoms with E-state index in [1.54, 1.807) is 13.8 Å². The molecule has 9 nitrogen and oxygen atoms in total. The summed E-state index contributed by atoms with van der Waals surface area (Å²) in [6, 6.07) is 0. The molecule has 4 N–H and O–H groups in total. The molecule has 2 amide bonds. The summed E-state index contributed by atoms with van der Waals surface area (Å²) in [5.41, 5.74) is 4.55. The van der Waals surface area contributed by atoms with Crippen molar-refractivity contribution in [3.63, 3.8) is 0 Å². The maximum absolute atomic E-state index is 13.2. The molecule has 0 aromatic rings. The molecule has 9 heteroatoms. The summed E-state index contributed by atoms with van der Waals surface area (Å²) in [4.78, 5) is 52.6. The van der Waals surface area contributed by atoms with Gasteiger partial charge in [0, 0.05) is 23.4 Å². The number of carboxylic acids is 1. The average Bonchev–Trinajstić information content (AvgIpc) is 3.30.